The van der Waals surface area contributed by atoms with Gasteiger partial charge in [-0.25, -0.2) is 0 Å². The minimum absolute atomic E-state index is 0.262. The summed E-state index contributed by atoms with van der Waals surface area (Å²) in [6.45, 7) is 0. The van der Waals surface area contributed by atoms with Crippen molar-refractivity contribution in [3.8, 4) is 6.07 Å². The van der Waals surface area contributed by atoms with Crippen molar-refractivity contribution in [3.05, 3.63) is 54.2 Å². The number of rotatable bonds is 3. The van der Waals surface area contributed by atoms with Crippen LogP contribution in [0.2, 0.25) is 0 Å². The van der Waals surface area contributed by atoms with Crippen molar-refractivity contribution < 1.29 is 9.21 Å². The normalized spacial score (nSPS) is 11.7. The van der Waals surface area contributed by atoms with E-state index in [0.717, 1.165) is 0 Å². The highest BCUT2D eigenvalue weighted by atomic mass is 16.3. The van der Waals surface area contributed by atoms with Gasteiger partial charge in [0.25, 0.3) is 0 Å². The van der Waals surface area contributed by atoms with Crippen LogP contribution in [0.3, 0.4) is 0 Å². The first kappa shape index (κ1) is 10.1. The van der Waals surface area contributed by atoms with Crippen molar-refractivity contribution >= 4 is 5.78 Å². The molecule has 0 N–H and O–H groups in total. The van der Waals surface area contributed by atoms with Gasteiger partial charge in [0.15, 0.2) is 5.78 Å². The number of carbonyl (C=O) groups is 1. The van der Waals surface area contributed by atoms with Crippen molar-refractivity contribution in [1.29, 1.82) is 5.26 Å². The molecular formula is C12H8N2O2. The van der Waals surface area contributed by atoms with Crippen molar-refractivity contribution in [1.82, 2.24) is 4.98 Å². The summed E-state index contributed by atoms with van der Waals surface area (Å²) in [5.41, 5.74) is 1.05. The molecule has 0 amide bonds. The van der Waals surface area contributed by atoms with Crippen LogP contribution in [-0.4, -0.2) is 10.8 Å². The Morgan fingerprint density at radius 2 is 2.12 bits per heavy atom. The monoisotopic (exact) mass is 212 g/mol. The van der Waals surface area contributed by atoms with Gasteiger partial charge in [-0.2, -0.15) is 5.26 Å². The largest absolute Gasteiger partial charge is 0.472 e. The molecular weight excluding hydrogens is 204 g/mol. The Kier molecular flexibility index (Phi) is 2.79. The predicted octanol–water partition coefficient (Wildman–Crippen LogP) is 2.16. The molecule has 2 rings (SSSR count). The van der Waals surface area contributed by atoms with Gasteiger partial charge in [0.1, 0.15) is 12.2 Å². The molecule has 0 saturated heterocycles. The van der Waals surface area contributed by atoms with Crippen LogP contribution in [0.5, 0.6) is 0 Å². The molecule has 4 nitrogen and oxygen atoms in total. The molecule has 78 valence electrons. The third kappa shape index (κ3) is 1.84. The standard InChI is InChI=1S/C12H8N2O2/c13-7-11(9-1-4-14-5-2-9)12(15)10-3-6-16-8-10/h1-6,8,11H. The van der Waals surface area contributed by atoms with Gasteiger partial charge in [-0.1, -0.05) is 0 Å². The maximum atomic E-state index is 11.9. The number of carbonyl (C=O) groups excluding carboxylic acids is 1. The second kappa shape index (κ2) is 4.41. The molecule has 2 aromatic heterocycles. The predicted molar refractivity (Wildman–Crippen MR) is 55.6 cm³/mol. The SMILES string of the molecule is N#CC(C(=O)c1ccoc1)c1ccncc1. The van der Waals surface area contributed by atoms with Gasteiger partial charge in [-0.3, -0.25) is 9.78 Å². The average Bonchev–Trinajstić information content (AvgIpc) is 2.85. The van der Waals surface area contributed by atoms with Crippen LogP contribution < -0.4 is 0 Å². The van der Waals surface area contributed by atoms with Crippen LogP contribution in [0.25, 0.3) is 0 Å². The number of Topliss-reactive ketones (excluding diaryl/α,β-unsaturated/α-hetero) is 1. The average molecular weight is 212 g/mol. The first-order chi connectivity index (χ1) is 7.83. The van der Waals surface area contributed by atoms with Gasteiger partial charge in [0.2, 0.25) is 0 Å². The Morgan fingerprint density at radius 1 is 1.38 bits per heavy atom. The van der Waals surface area contributed by atoms with Gasteiger partial charge < -0.3 is 4.42 Å². The summed E-state index contributed by atoms with van der Waals surface area (Å²) in [5, 5.41) is 9.03. The number of aromatic nitrogens is 1. The molecule has 4 heteroatoms. The fourth-order valence-electron chi connectivity index (χ4n) is 1.41. The fourth-order valence-corrected chi connectivity index (χ4v) is 1.41. The zero-order chi connectivity index (χ0) is 11.4. The number of nitrogens with zero attached hydrogens (tertiary/aromatic N) is 2. The van der Waals surface area contributed by atoms with E-state index >= 15 is 0 Å². The quantitative estimate of drug-likeness (QED) is 0.731. The smallest absolute Gasteiger partial charge is 0.187 e. The number of pyridine rings is 1. The summed E-state index contributed by atoms with van der Waals surface area (Å²) in [4.78, 5) is 15.8. The van der Waals surface area contributed by atoms with Gasteiger partial charge in [-0.05, 0) is 23.8 Å². The van der Waals surface area contributed by atoms with E-state index in [2.05, 4.69) is 4.98 Å². The minimum atomic E-state index is -0.805. The number of hydrogen-bond acceptors (Lipinski definition) is 4. The van der Waals surface area contributed by atoms with Crippen molar-refractivity contribution in [2.24, 2.45) is 0 Å². The van der Waals surface area contributed by atoms with Crippen LogP contribution in [0.15, 0.2) is 47.5 Å². The molecule has 0 aliphatic heterocycles. The summed E-state index contributed by atoms with van der Waals surface area (Å²) >= 11 is 0. The maximum absolute atomic E-state index is 11.9. The van der Waals surface area contributed by atoms with E-state index in [0.29, 0.717) is 11.1 Å². The third-order valence-corrected chi connectivity index (χ3v) is 2.24. The lowest BCUT2D eigenvalue weighted by Crippen LogP contribution is -2.10. The first-order valence-electron chi connectivity index (χ1n) is 4.69. The van der Waals surface area contributed by atoms with E-state index in [1.54, 1.807) is 30.6 Å². The fraction of sp³-hybridized carbons (Fsp3) is 0.0833. The molecule has 2 heterocycles. The molecule has 0 aliphatic carbocycles. The second-order valence-corrected chi connectivity index (χ2v) is 3.22. The summed E-state index contributed by atoms with van der Waals surface area (Å²) in [7, 11) is 0. The number of ketones is 1. The van der Waals surface area contributed by atoms with E-state index in [1.807, 2.05) is 6.07 Å². The van der Waals surface area contributed by atoms with Gasteiger partial charge in [-0.15, -0.1) is 0 Å². The Bertz CT molecular complexity index is 512. The highest BCUT2D eigenvalue weighted by Gasteiger charge is 2.22. The topological polar surface area (TPSA) is 66.9 Å². The molecule has 16 heavy (non-hydrogen) atoms. The van der Waals surface area contributed by atoms with Crippen molar-refractivity contribution in [2.45, 2.75) is 5.92 Å². The molecule has 0 saturated carbocycles. The molecule has 1 atom stereocenters. The highest BCUT2D eigenvalue weighted by molar-refractivity contribution is 6.02. The summed E-state index contributed by atoms with van der Waals surface area (Å²) in [6, 6.07) is 6.85. The van der Waals surface area contributed by atoms with Crippen molar-refractivity contribution in [2.75, 3.05) is 0 Å². The second-order valence-electron chi connectivity index (χ2n) is 3.22. The van der Waals surface area contributed by atoms with Crippen LogP contribution in [-0.2, 0) is 0 Å². The molecule has 0 aromatic carbocycles. The number of furan rings is 1. The van der Waals surface area contributed by atoms with Gasteiger partial charge in [0.05, 0.1) is 17.9 Å². The van der Waals surface area contributed by atoms with E-state index in [-0.39, 0.29) is 5.78 Å². The number of nitriles is 1. The molecule has 0 radical (unpaired) electrons. The van der Waals surface area contributed by atoms with E-state index in [9.17, 15) is 4.79 Å². The Morgan fingerprint density at radius 3 is 2.69 bits per heavy atom. The molecule has 0 bridgehead atoms. The Labute approximate surface area is 92.2 Å². The van der Waals surface area contributed by atoms with Crippen LogP contribution in [0.1, 0.15) is 21.8 Å². The van der Waals surface area contributed by atoms with E-state index < -0.39 is 5.92 Å². The minimum Gasteiger partial charge on any atom is -0.472 e. The molecule has 1 unspecified atom stereocenters. The zero-order valence-corrected chi connectivity index (χ0v) is 8.33. The lowest BCUT2D eigenvalue weighted by Gasteiger charge is -2.05. The first-order valence-corrected chi connectivity index (χ1v) is 4.69. The third-order valence-electron chi connectivity index (χ3n) is 2.24. The number of hydrogen-bond donors (Lipinski definition) is 0. The zero-order valence-electron chi connectivity index (χ0n) is 8.33. The van der Waals surface area contributed by atoms with Crippen LogP contribution in [0, 0.1) is 11.3 Å². The summed E-state index contributed by atoms with van der Waals surface area (Å²) < 4.78 is 4.82. The van der Waals surface area contributed by atoms with Gasteiger partial charge in [0, 0.05) is 12.4 Å². The lowest BCUT2D eigenvalue weighted by molar-refractivity contribution is 0.0978. The molecule has 0 fully saturated rings. The summed E-state index contributed by atoms with van der Waals surface area (Å²) in [6.07, 6.45) is 5.87. The van der Waals surface area contributed by atoms with E-state index in [4.69, 9.17) is 9.68 Å². The highest BCUT2D eigenvalue weighted by Crippen LogP contribution is 2.19. The lowest BCUT2D eigenvalue weighted by atomic mass is 9.94. The maximum Gasteiger partial charge on any atom is 0.187 e. The molecule has 0 aliphatic rings. The Balaban J connectivity index is 2.32. The van der Waals surface area contributed by atoms with E-state index in [1.165, 1.54) is 12.5 Å². The molecule has 0 spiro atoms. The van der Waals surface area contributed by atoms with Gasteiger partial charge >= 0.3 is 0 Å². The molecule has 2 aromatic rings. The van der Waals surface area contributed by atoms with Crippen molar-refractivity contribution in [3.63, 3.8) is 0 Å². The van der Waals surface area contributed by atoms with Crippen LogP contribution in [0.4, 0.5) is 0 Å². The van der Waals surface area contributed by atoms with Crippen LogP contribution >= 0.6 is 0 Å². The summed E-state index contributed by atoms with van der Waals surface area (Å²) in [5.74, 6) is -1.07. The Hall–Kier alpha value is -2.41.